The highest BCUT2D eigenvalue weighted by molar-refractivity contribution is 6.00. The Morgan fingerprint density at radius 2 is 2.06 bits per heavy atom. The van der Waals surface area contributed by atoms with E-state index in [-0.39, 0.29) is 11.2 Å². The third-order valence-corrected chi connectivity index (χ3v) is 5.87. The van der Waals surface area contributed by atoms with E-state index < -0.39 is 5.91 Å². The lowest BCUT2D eigenvalue weighted by Gasteiger charge is -2.30. The van der Waals surface area contributed by atoms with Gasteiger partial charge in [0.05, 0.1) is 11.9 Å². The van der Waals surface area contributed by atoms with Crippen LogP contribution >= 0.6 is 0 Å². The molecule has 1 aliphatic carbocycles. The molecule has 1 aliphatic rings. The summed E-state index contributed by atoms with van der Waals surface area (Å²) in [4.78, 5) is 28.9. The molecule has 31 heavy (non-hydrogen) atoms. The number of primary amides is 1. The van der Waals surface area contributed by atoms with Crippen LogP contribution in [0.25, 0.3) is 5.69 Å². The molecule has 0 atom stereocenters. The smallest absolute Gasteiger partial charge is 0.250 e. The minimum atomic E-state index is -0.478. The predicted molar refractivity (Wildman–Crippen MR) is 121 cm³/mol. The van der Waals surface area contributed by atoms with Crippen LogP contribution in [0.4, 0.5) is 5.69 Å². The first-order valence-electron chi connectivity index (χ1n) is 10.6. The van der Waals surface area contributed by atoms with Crippen molar-refractivity contribution in [3.05, 3.63) is 65.5 Å². The highest BCUT2D eigenvalue weighted by atomic mass is 16.1. The van der Waals surface area contributed by atoms with Crippen LogP contribution in [-0.2, 0) is 13.0 Å². The zero-order valence-corrected chi connectivity index (χ0v) is 18.3. The van der Waals surface area contributed by atoms with Gasteiger partial charge in [-0.3, -0.25) is 9.59 Å². The Kier molecular flexibility index (Phi) is 5.43. The standard InChI is InChI=1S/C24H29N5O2/c1-16-11-19-21(13-24(2,3)14-22(19)30)29(16)17-5-6-20(18(12-17)23(25)31)27-7-4-9-28-10-8-26-15-28/h5-6,8,10-12,15,27H,4,7,9,13-14H2,1-3H3,(H2,25,31). The number of rotatable bonds is 7. The number of benzene rings is 1. The Balaban J connectivity index is 1.60. The van der Waals surface area contributed by atoms with Crippen LogP contribution < -0.4 is 11.1 Å². The summed E-state index contributed by atoms with van der Waals surface area (Å²) in [5.41, 5.74) is 10.4. The number of Topliss-reactive ketones (excluding diaryl/α,β-unsaturated/α-hetero) is 1. The molecule has 162 valence electrons. The van der Waals surface area contributed by atoms with Gasteiger partial charge in [0.2, 0.25) is 0 Å². The first-order chi connectivity index (χ1) is 14.7. The Morgan fingerprint density at radius 3 is 2.77 bits per heavy atom. The van der Waals surface area contributed by atoms with Gasteiger partial charge in [-0.05, 0) is 49.4 Å². The number of nitrogens with zero attached hydrogens (tertiary/aromatic N) is 3. The van der Waals surface area contributed by atoms with Gasteiger partial charge in [-0.25, -0.2) is 4.98 Å². The van der Waals surface area contributed by atoms with E-state index in [1.54, 1.807) is 12.5 Å². The quantitative estimate of drug-likeness (QED) is 0.570. The maximum atomic E-state index is 12.7. The molecule has 1 aromatic carbocycles. The summed E-state index contributed by atoms with van der Waals surface area (Å²) < 4.78 is 4.10. The van der Waals surface area contributed by atoms with E-state index in [2.05, 4.69) is 28.7 Å². The normalized spacial score (nSPS) is 15.0. The fourth-order valence-electron chi connectivity index (χ4n) is 4.44. The molecule has 0 radical (unpaired) electrons. The fraction of sp³-hybridized carbons (Fsp3) is 0.375. The lowest BCUT2D eigenvalue weighted by molar-refractivity contribution is 0.0910. The van der Waals surface area contributed by atoms with Crippen molar-refractivity contribution in [3.8, 4) is 5.69 Å². The molecule has 2 aromatic heterocycles. The van der Waals surface area contributed by atoms with Gasteiger partial charge >= 0.3 is 0 Å². The van der Waals surface area contributed by atoms with Gasteiger partial charge in [0, 0.05) is 60.2 Å². The molecule has 7 heteroatoms. The van der Waals surface area contributed by atoms with Crippen LogP contribution in [0.2, 0.25) is 0 Å². The zero-order valence-electron chi connectivity index (χ0n) is 18.3. The Labute approximate surface area is 182 Å². The molecular formula is C24H29N5O2. The molecule has 0 spiro atoms. The number of hydrogen-bond acceptors (Lipinski definition) is 4. The fourth-order valence-corrected chi connectivity index (χ4v) is 4.44. The number of hydrogen-bond donors (Lipinski definition) is 2. The number of amides is 1. The van der Waals surface area contributed by atoms with Crippen LogP contribution in [-0.4, -0.2) is 32.4 Å². The third kappa shape index (κ3) is 4.26. The minimum Gasteiger partial charge on any atom is -0.384 e. The molecule has 3 aromatic rings. The van der Waals surface area contributed by atoms with Crippen LogP contribution in [0, 0.1) is 12.3 Å². The van der Waals surface area contributed by atoms with Crippen LogP contribution in [0.5, 0.6) is 0 Å². The summed E-state index contributed by atoms with van der Waals surface area (Å²) in [6.45, 7) is 7.77. The maximum Gasteiger partial charge on any atom is 0.250 e. The van der Waals surface area contributed by atoms with Crippen molar-refractivity contribution in [2.75, 3.05) is 11.9 Å². The van der Waals surface area contributed by atoms with Crippen LogP contribution in [0.15, 0.2) is 43.0 Å². The number of carbonyl (C=O) groups excluding carboxylic acids is 2. The third-order valence-electron chi connectivity index (χ3n) is 5.87. The number of aromatic nitrogens is 3. The monoisotopic (exact) mass is 419 g/mol. The molecule has 0 saturated heterocycles. The SMILES string of the molecule is Cc1cc2c(n1-c1ccc(NCCCn3ccnc3)c(C(N)=O)c1)CC(C)(C)CC2=O. The summed E-state index contributed by atoms with van der Waals surface area (Å²) in [5.74, 6) is -0.298. The second-order valence-electron chi connectivity index (χ2n) is 9.10. The summed E-state index contributed by atoms with van der Waals surface area (Å²) >= 11 is 0. The van der Waals surface area contributed by atoms with Gasteiger partial charge in [-0.2, -0.15) is 0 Å². The second kappa shape index (κ2) is 8.06. The van der Waals surface area contributed by atoms with E-state index in [4.69, 9.17) is 5.73 Å². The Bertz CT molecular complexity index is 1130. The number of fused-ring (bicyclic) bond motifs is 1. The van der Waals surface area contributed by atoms with Crippen molar-refractivity contribution >= 4 is 17.4 Å². The summed E-state index contributed by atoms with van der Waals surface area (Å²) in [7, 11) is 0. The van der Waals surface area contributed by atoms with Crippen LogP contribution in [0.1, 0.15) is 58.8 Å². The number of nitrogens with one attached hydrogen (secondary N) is 1. The summed E-state index contributed by atoms with van der Waals surface area (Å²) in [6.07, 6.45) is 7.72. The number of imidazole rings is 1. The Hall–Kier alpha value is -3.35. The van der Waals surface area contributed by atoms with Crippen molar-refractivity contribution in [2.24, 2.45) is 11.1 Å². The van der Waals surface area contributed by atoms with Gasteiger partial charge in [-0.1, -0.05) is 13.8 Å². The molecular weight excluding hydrogens is 390 g/mol. The molecule has 0 fully saturated rings. The van der Waals surface area contributed by atoms with Crippen molar-refractivity contribution in [1.82, 2.24) is 14.1 Å². The average Bonchev–Trinajstić information content (AvgIpc) is 3.32. The molecule has 0 saturated carbocycles. The summed E-state index contributed by atoms with van der Waals surface area (Å²) in [5, 5.41) is 3.33. The first-order valence-corrected chi connectivity index (χ1v) is 10.6. The van der Waals surface area contributed by atoms with E-state index in [0.717, 1.165) is 47.7 Å². The molecule has 0 aliphatic heterocycles. The molecule has 1 amide bonds. The predicted octanol–water partition coefficient (Wildman–Crippen LogP) is 3.74. The number of carbonyl (C=O) groups is 2. The van der Waals surface area contributed by atoms with E-state index in [0.29, 0.717) is 18.5 Å². The van der Waals surface area contributed by atoms with Gasteiger partial charge < -0.3 is 20.2 Å². The highest BCUT2D eigenvalue weighted by Crippen LogP contribution is 2.37. The highest BCUT2D eigenvalue weighted by Gasteiger charge is 2.34. The molecule has 0 unspecified atom stereocenters. The molecule has 3 N–H and O–H groups in total. The van der Waals surface area contributed by atoms with E-state index in [1.807, 2.05) is 42.0 Å². The topological polar surface area (TPSA) is 94.9 Å². The summed E-state index contributed by atoms with van der Waals surface area (Å²) in [6, 6.07) is 7.65. The van der Waals surface area contributed by atoms with Gasteiger partial charge in [0.25, 0.3) is 5.91 Å². The van der Waals surface area contributed by atoms with E-state index in [9.17, 15) is 9.59 Å². The first kappa shape index (κ1) is 20.9. The van der Waals surface area contributed by atoms with Gasteiger partial charge in [-0.15, -0.1) is 0 Å². The number of aryl methyl sites for hydroxylation is 2. The molecule has 7 nitrogen and oxygen atoms in total. The number of ketones is 1. The van der Waals surface area contributed by atoms with Gasteiger partial charge in [0.1, 0.15) is 0 Å². The van der Waals surface area contributed by atoms with Crippen molar-refractivity contribution in [1.29, 1.82) is 0 Å². The van der Waals surface area contributed by atoms with Crippen LogP contribution in [0.3, 0.4) is 0 Å². The number of nitrogens with two attached hydrogens (primary N) is 1. The zero-order chi connectivity index (χ0) is 22.2. The average molecular weight is 420 g/mol. The Morgan fingerprint density at radius 1 is 1.26 bits per heavy atom. The van der Waals surface area contributed by atoms with Crippen molar-refractivity contribution < 1.29 is 9.59 Å². The molecule has 0 bridgehead atoms. The second-order valence-corrected chi connectivity index (χ2v) is 9.10. The maximum absolute atomic E-state index is 12.7. The molecule has 2 heterocycles. The van der Waals surface area contributed by atoms with Crippen molar-refractivity contribution in [2.45, 2.75) is 46.6 Å². The van der Waals surface area contributed by atoms with Crippen molar-refractivity contribution in [3.63, 3.8) is 0 Å². The lowest BCUT2D eigenvalue weighted by Crippen LogP contribution is -2.28. The largest absolute Gasteiger partial charge is 0.384 e. The lowest BCUT2D eigenvalue weighted by atomic mass is 9.76. The van der Waals surface area contributed by atoms with E-state index >= 15 is 0 Å². The number of anilines is 1. The van der Waals surface area contributed by atoms with Gasteiger partial charge in [0.15, 0.2) is 5.78 Å². The molecule has 4 rings (SSSR count). The van der Waals surface area contributed by atoms with E-state index in [1.165, 1.54) is 0 Å². The minimum absolute atomic E-state index is 0.0874.